The van der Waals surface area contributed by atoms with Gasteiger partial charge in [-0.2, -0.15) is 0 Å². The molecule has 0 aromatic carbocycles. The summed E-state index contributed by atoms with van der Waals surface area (Å²) in [6.07, 6.45) is 0. The van der Waals surface area contributed by atoms with Crippen LogP contribution in [0.15, 0.2) is 21.1 Å². The van der Waals surface area contributed by atoms with Gasteiger partial charge in [-0.3, -0.25) is 4.79 Å². The lowest BCUT2D eigenvalue weighted by atomic mass is 10.3. The first kappa shape index (κ1) is 13.0. The minimum atomic E-state index is -0.121. The second-order valence-corrected chi connectivity index (χ2v) is 5.48. The highest BCUT2D eigenvalue weighted by Gasteiger charge is 2.17. The van der Waals surface area contributed by atoms with Crippen molar-refractivity contribution < 1.29 is 10.0 Å². The SMILES string of the molecule is CCN(CC(N)=NO)C(=O)c1ccc(Br)s1. The number of nitrogens with two attached hydrogens (primary N) is 1. The molecule has 0 bridgehead atoms. The quantitative estimate of drug-likeness (QED) is 0.385. The number of hydrogen-bond acceptors (Lipinski definition) is 4. The molecule has 1 rings (SSSR count). The fraction of sp³-hybridized carbons (Fsp3) is 0.333. The van der Waals surface area contributed by atoms with E-state index in [2.05, 4.69) is 21.1 Å². The topological polar surface area (TPSA) is 78.9 Å². The molecule has 0 aliphatic rings. The third-order valence-corrected chi connectivity index (χ3v) is 3.55. The van der Waals surface area contributed by atoms with E-state index in [1.807, 2.05) is 13.0 Å². The van der Waals surface area contributed by atoms with Crippen molar-refractivity contribution in [3.8, 4) is 0 Å². The molecule has 0 radical (unpaired) electrons. The van der Waals surface area contributed by atoms with Crippen molar-refractivity contribution in [1.82, 2.24) is 4.90 Å². The van der Waals surface area contributed by atoms with Gasteiger partial charge in [0.05, 0.1) is 15.2 Å². The fourth-order valence-electron chi connectivity index (χ4n) is 1.14. The van der Waals surface area contributed by atoms with Crippen molar-refractivity contribution in [2.24, 2.45) is 10.9 Å². The molecular weight excluding hydrogens is 294 g/mol. The summed E-state index contributed by atoms with van der Waals surface area (Å²) in [5.74, 6) is -0.101. The standard InChI is InChI=1S/C9H12BrN3O2S/c1-2-13(5-8(11)12-15)9(14)6-3-4-7(10)16-6/h3-4,15H,2,5H2,1H3,(H2,11,12). The van der Waals surface area contributed by atoms with Gasteiger partial charge in [-0.15, -0.1) is 11.3 Å². The summed E-state index contributed by atoms with van der Waals surface area (Å²) in [7, 11) is 0. The maximum Gasteiger partial charge on any atom is 0.264 e. The van der Waals surface area contributed by atoms with Crippen molar-refractivity contribution >= 4 is 39.0 Å². The highest BCUT2D eigenvalue weighted by Crippen LogP contribution is 2.23. The summed E-state index contributed by atoms with van der Waals surface area (Å²) >= 11 is 4.65. The van der Waals surface area contributed by atoms with Crippen LogP contribution in [0.1, 0.15) is 16.6 Å². The van der Waals surface area contributed by atoms with Crippen LogP contribution in [0.5, 0.6) is 0 Å². The normalized spacial score (nSPS) is 11.5. The van der Waals surface area contributed by atoms with E-state index in [0.717, 1.165) is 3.79 Å². The first-order valence-electron chi connectivity index (χ1n) is 4.59. The maximum absolute atomic E-state index is 12.0. The Morgan fingerprint density at radius 2 is 2.38 bits per heavy atom. The molecule has 0 spiro atoms. The van der Waals surface area contributed by atoms with Gasteiger partial charge in [-0.1, -0.05) is 5.16 Å². The molecule has 0 atom stereocenters. The molecule has 5 nitrogen and oxygen atoms in total. The molecule has 0 aliphatic carbocycles. The molecule has 1 amide bonds. The first-order chi connectivity index (χ1) is 7.58. The molecule has 0 saturated heterocycles. The van der Waals surface area contributed by atoms with E-state index < -0.39 is 0 Å². The molecular formula is C9H12BrN3O2S. The van der Waals surface area contributed by atoms with Crippen molar-refractivity contribution in [3.63, 3.8) is 0 Å². The van der Waals surface area contributed by atoms with Crippen LogP contribution in [0.25, 0.3) is 0 Å². The molecule has 3 N–H and O–H groups in total. The van der Waals surface area contributed by atoms with E-state index in [4.69, 9.17) is 10.9 Å². The maximum atomic E-state index is 12.0. The molecule has 0 fully saturated rings. The van der Waals surface area contributed by atoms with Crippen LogP contribution < -0.4 is 5.73 Å². The van der Waals surface area contributed by atoms with Gasteiger partial charge in [0, 0.05) is 6.54 Å². The van der Waals surface area contributed by atoms with Crippen molar-refractivity contribution in [1.29, 1.82) is 0 Å². The molecule has 7 heteroatoms. The Bertz CT molecular complexity index is 405. The number of amides is 1. The van der Waals surface area contributed by atoms with E-state index in [1.165, 1.54) is 16.2 Å². The second-order valence-electron chi connectivity index (χ2n) is 3.01. The van der Waals surface area contributed by atoms with Crippen molar-refractivity contribution in [2.45, 2.75) is 6.92 Å². The van der Waals surface area contributed by atoms with Gasteiger partial charge < -0.3 is 15.8 Å². The summed E-state index contributed by atoms with van der Waals surface area (Å²) in [6, 6.07) is 3.56. The minimum Gasteiger partial charge on any atom is -0.409 e. The Morgan fingerprint density at radius 1 is 1.69 bits per heavy atom. The highest BCUT2D eigenvalue weighted by molar-refractivity contribution is 9.11. The van der Waals surface area contributed by atoms with Crippen molar-refractivity contribution in [2.75, 3.05) is 13.1 Å². The van der Waals surface area contributed by atoms with E-state index >= 15 is 0 Å². The van der Waals surface area contributed by atoms with Gasteiger partial charge in [0.15, 0.2) is 5.84 Å². The lowest BCUT2D eigenvalue weighted by Gasteiger charge is -2.18. The molecule has 1 heterocycles. The predicted octanol–water partition coefficient (Wildman–Crippen LogP) is 1.72. The Kier molecular flexibility index (Phi) is 4.75. The molecule has 0 aliphatic heterocycles. The Balaban J connectivity index is 2.77. The number of amidine groups is 1. The van der Waals surface area contributed by atoms with Crippen LogP contribution in [0.4, 0.5) is 0 Å². The van der Waals surface area contributed by atoms with Crippen LogP contribution in [0.2, 0.25) is 0 Å². The number of likely N-dealkylation sites (N-methyl/N-ethyl adjacent to an activating group) is 1. The van der Waals surface area contributed by atoms with Gasteiger partial charge in [-0.25, -0.2) is 0 Å². The molecule has 1 aromatic heterocycles. The van der Waals surface area contributed by atoms with Gasteiger partial charge in [0.25, 0.3) is 5.91 Å². The summed E-state index contributed by atoms with van der Waals surface area (Å²) in [5, 5.41) is 11.3. The zero-order valence-corrected chi connectivity index (χ0v) is 11.1. The van der Waals surface area contributed by atoms with Crippen LogP contribution in [0, 0.1) is 0 Å². The largest absolute Gasteiger partial charge is 0.409 e. The smallest absolute Gasteiger partial charge is 0.264 e. The summed E-state index contributed by atoms with van der Waals surface area (Å²) < 4.78 is 0.899. The third kappa shape index (κ3) is 3.21. The summed E-state index contributed by atoms with van der Waals surface area (Å²) in [4.78, 5) is 14.1. The average Bonchev–Trinajstić information content (AvgIpc) is 2.71. The first-order valence-corrected chi connectivity index (χ1v) is 6.20. The number of carbonyl (C=O) groups is 1. The third-order valence-electron chi connectivity index (χ3n) is 1.93. The lowest BCUT2D eigenvalue weighted by molar-refractivity contribution is 0.0791. The van der Waals surface area contributed by atoms with E-state index in [1.54, 1.807) is 6.07 Å². The van der Waals surface area contributed by atoms with Crippen LogP contribution in [-0.2, 0) is 0 Å². The Morgan fingerprint density at radius 3 is 2.81 bits per heavy atom. The molecule has 88 valence electrons. The summed E-state index contributed by atoms with van der Waals surface area (Å²) in [5.41, 5.74) is 5.37. The number of rotatable bonds is 4. The molecule has 1 aromatic rings. The Hall–Kier alpha value is -1.08. The number of oxime groups is 1. The lowest BCUT2D eigenvalue weighted by Crippen LogP contribution is -2.38. The van der Waals surface area contributed by atoms with Gasteiger partial charge >= 0.3 is 0 Å². The molecule has 16 heavy (non-hydrogen) atoms. The highest BCUT2D eigenvalue weighted by atomic mass is 79.9. The number of nitrogens with zero attached hydrogens (tertiary/aromatic N) is 2. The predicted molar refractivity (Wildman–Crippen MR) is 67.0 cm³/mol. The van der Waals surface area contributed by atoms with Crippen LogP contribution in [-0.4, -0.2) is 34.9 Å². The zero-order chi connectivity index (χ0) is 12.1. The van der Waals surface area contributed by atoms with Gasteiger partial charge in [0.1, 0.15) is 0 Å². The van der Waals surface area contributed by atoms with Crippen LogP contribution >= 0.6 is 27.3 Å². The van der Waals surface area contributed by atoms with Gasteiger partial charge in [-0.05, 0) is 35.0 Å². The molecule has 0 saturated carbocycles. The van der Waals surface area contributed by atoms with E-state index in [-0.39, 0.29) is 18.3 Å². The second kappa shape index (κ2) is 5.86. The van der Waals surface area contributed by atoms with E-state index in [9.17, 15) is 4.79 Å². The van der Waals surface area contributed by atoms with Crippen molar-refractivity contribution in [3.05, 3.63) is 20.8 Å². The minimum absolute atomic E-state index is 0.0193. The Labute approximate surface area is 106 Å². The number of carbonyl (C=O) groups excluding carboxylic acids is 1. The monoisotopic (exact) mass is 305 g/mol. The fourth-order valence-corrected chi connectivity index (χ4v) is 2.49. The van der Waals surface area contributed by atoms with E-state index in [0.29, 0.717) is 11.4 Å². The number of hydrogen-bond donors (Lipinski definition) is 2. The summed E-state index contributed by atoms with van der Waals surface area (Å²) in [6.45, 7) is 2.47. The number of halogens is 1. The van der Waals surface area contributed by atoms with Gasteiger partial charge in [0.2, 0.25) is 0 Å². The zero-order valence-electron chi connectivity index (χ0n) is 8.68. The number of thiophene rings is 1. The van der Waals surface area contributed by atoms with Crippen LogP contribution in [0.3, 0.4) is 0 Å². The average molecular weight is 306 g/mol. The molecule has 0 unspecified atom stereocenters.